The number of benzene rings is 1. The van der Waals surface area contributed by atoms with Crippen LogP contribution in [0.2, 0.25) is 0 Å². The molecule has 0 fully saturated rings. The summed E-state index contributed by atoms with van der Waals surface area (Å²) in [5.41, 5.74) is 1.53. The molecule has 0 aliphatic rings. The molecule has 0 N–H and O–H groups in total. The molecule has 0 aromatic heterocycles. The Morgan fingerprint density at radius 3 is 2.14 bits per heavy atom. The molecule has 0 saturated carbocycles. The van der Waals surface area contributed by atoms with E-state index < -0.39 is 6.61 Å². The van der Waals surface area contributed by atoms with Gasteiger partial charge in [0.1, 0.15) is 5.75 Å². The Morgan fingerprint density at radius 2 is 1.79 bits per heavy atom. The van der Waals surface area contributed by atoms with Gasteiger partial charge in [-0.3, -0.25) is 0 Å². The van der Waals surface area contributed by atoms with Crippen molar-refractivity contribution in [3.63, 3.8) is 0 Å². The normalized spacial score (nSPS) is 10.0. The van der Waals surface area contributed by atoms with Crippen molar-refractivity contribution >= 4 is 0 Å². The monoisotopic (exact) mass is 197 g/mol. The summed E-state index contributed by atoms with van der Waals surface area (Å²) in [6, 6.07) is 4.98. The van der Waals surface area contributed by atoms with Gasteiger partial charge >= 0.3 is 6.61 Å². The molecule has 0 bridgehead atoms. The van der Waals surface area contributed by atoms with E-state index in [2.05, 4.69) is 4.74 Å². The first-order valence-electron chi connectivity index (χ1n) is 4.00. The van der Waals surface area contributed by atoms with Gasteiger partial charge < -0.3 is 4.74 Å². The van der Waals surface area contributed by atoms with Crippen LogP contribution in [0.3, 0.4) is 0 Å². The van der Waals surface area contributed by atoms with Gasteiger partial charge in [-0.15, -0.1) is 0 Å². The molecule has 1 aromatic rings. The number of aryl methyl sites for hydroxylation is 2. The van der Waals surface area contributed by atoms with Crippen molar-refractivity contribution in [3.8, 4) is 11.8 Å². The SMILES string of the molecule is Cc1cc(C#N)cc(C)c1OC(F)F. The molecule has 2 nitrogen and oxygen atoms in total. The van der Waals surface area contributed by atoms with E-state index >= 15 is 0 Å². The standard InChI is InChI=1S/C10H9F2NO/c1-6-3-8(5-13)4-7(2)9(6)14-10(11)12/h3-4,10H,1-2H3. The summed E-state index contributed by atoms with van der Waals surface area (Å²) < 4.78 is 28.3. The molecule has 0 spiro atoms. The quantitative estimate of drug-likeness (QED) is 0.730. The molecule has 0 atom stereocenters. The molecule has 0 saturated heterocycles. The van der Waals surface area contributed by atoms with E-state index in [1.807, 2.05) is 6.07 Å². The van der Waals surface area contributed by atoms with Gasteiger partial charge in [-0.2, -0.15) is 14.0 Å². The molecule has 0 amide bonds. The molecule has 4 heteroatoms. The third kappa shape index (κ3) is 2.19. The summed E-state index contributed by atoms with van der Waals surface area (Å²) in [7, 11) is 0. The van der Waals surface area contributed by atoms with E-state index in [1.54, 1.807) is 13.8 Å². The number of rotatable bonds is 2. The summed E-state index contributed by atoms with van der Waals surface area (Å²) >= 11 is 0. The van der Waals surface area contributed by atoms with Crippen molar-refractivity contribution in [1.82, 2.24) is 0 Å². The molecule has 0 unspecified atom stereocenters. The second-order valence-electron chi connectivity index (χ2n) is 2.93. The number of nitriles is 1. The predicted octanol–water partition coefficient (Wildman–Crippen LogP) is 2.78. The van der Waals surface area contributed by atoms with Crippen LogP contribution in [0.1, 0.15) is 16.7 Å². The Bertz CT molecular complexity index is 359. The van der Waals surface area contributed by atoms with Gasteiger partial charge in [0, 0.05) is 0 Å². The zero-order valence-electron chi connectivity index (χ0n) is 7.84. The van der Waals surface area contributed by atoms with Crippen LogP contribution in [0.25, 0.3) is 0 Å². The molecule has 14 heavy (non-hydrogen) atoms. The second-order valence-corrected chi connectivity index (χ2v) is 2.93. The van der Waals surface area contributed by atoms with Crippen LogP contribution < -0.4 is 4.74 Å². The number of ether oxygens (including phenoxy) is 1. The van der Waals surface area contributed by atoms with Gasteiger partial charge in [-0.05, 0) is 37.1 Å². The Kier molecular flexibility index (Phi) is 3.03. The minimum atomic E-state index is -2.83. The van der Waals surface area contributed by atoms with Crippen LogP contribution in [0, 0.1) is 25.2 Å². The van der Waals surface area contributed by atoms with Crippen molar-refractivity contribution in [1.29, 1.82) is 5.26 Å². The van der Waals surface area contributed by atoms with Crippen molar-refractivity contribution < 1.29 is 13.5 Å². The molecule has 0 heterocycles. The molecular formula is C10H9F2NO. The number of nitrogens with zero attached hydrogens (tertiary/aromatic N) is 1. The van der Waals surface area contributed by atoms with Crippen LogP contribution in [-0.2, 0) is 0 Å². The fourth-order valence-electron chi connectivity index (χ4n) is 1.29. The van der Waals surface area contributed by atoms with E-state index in [4.69, 9.17) is 5.26 Å². The smallest absolute Gasteiger partial charge is 0.387 e. The van der Waals surface area contributed by atoms with Gasteiger partial charge in [0.2, 0.25) is 0 Å². The first kappa shape index (κ1) is 10.5. The van der Waals surface area contributed by atoms with E-state index in [0.717, 1.165) is 0 Å². The van der Waals surface area contributed by atoms with E-state index in [1.165, 1.54) is 12.1 Å². The lowest BCUT2D eigenvalue weighted by Crippen LogP contribution is -2.05. The van der Waals surface area contributed by atoms with E-state index in [-0.39, 0.29) is 5.75 Å². The van der Waals surface area contributed by atoms with Gasteiger partial charge in [0.15, 0.2) is 0 Å². The topological polar surface area (TPSA) is 33.0 Å². The highest BCUT2D eigenvalue weighted by molar-refractivity contribution is 5.47. The first-order valence-corrected chi connectivity index (χ1v) is 4.00. The Labute approximate surface area is 80.7 Å². The number of hydrogen-bond donors (Lipinski definition) is 0. The highest BCUT2D eigenvalue weighted by Crippen LogP contribution is 2.25. The maximum Gasteiger partial charge on any atom is 0.387 e. The molecule has 0 aliphatic heterocycles. The molecule has 1 aromatic carbocycles. The van der Waals surface area contributed by atoms with Gasteiger partial charge in [-0.25, -0.2) is 0 Å². The molecule has 0 radical (unpaired) electrons. The fourth-order valence-corrected chi connectivity index (χ4v) is 1.29. The summed E-state index contributed by atoms with van der Waals surface area (Å²) in [5.74, 6) is 0.152. The minimum Gasteiger partial charge on any atom is -0.434 e. The maximum absolute atomic E-state index is 12.0. The predicted molar refractivity (Wildman–Crippen MR) is 47.3 cm³/mol. The van der Waals surface area contributed by atoms with Gasteiger partial charge in [0.25, 0.3) is 0 Å². The summed E-state index contributed by atoms with van der Waals surface area (Å²) in [6.07, 6.45) is 0. The lowest BCUT2D eigenvalue weighted by molar-refractivity contribution is -0.0507. The van der Waals surface area contributed by atoms with E-state index in [9.17, 15) is 8.78 Å². The second kappa shape index (κ2) is 4.05. The summed E-state index contributed by atoms with van der Waals surface area (Å²) in [6.45, 7) is 0.428. The Balaban J connectivity index is 3.13. The lowest BCUT2D eigenvalue weighted by Gasteiger charge is -2.10. The van der Waals surface area contributed by atoms with Gasteiger partial charge in [0.05, 0.1) is 11.6 Å². The highest BCUT2D eigenvalue weighted by atomic mass is 19.3. The third-order valence-corrected chi connectivity index (χ3v) is 1.80. The molecule has 74 valence electrons. The largest absolute Gasteiger partial charge is 0.434 e. The van der Waals surface area contributed by atoms with Crippen LogP contribution in [0.15, 0.2) is 12.1 Å². The van der Waals surface area contributed by atoms with Crippen LogP contribution >= 0.6 is 0 Å². The van der Waals surface area contributed by atoms with Crippen LogP contribution in [-0.4, -0.2) is 6.61 Å². The van der Waals surface area contributed by atoms with Crippen molar-refractivity contribution in [3.05, 3.63) is 28.8 Å². The Hall–Kier alpha value is -1.63. The summed E-state index contributed by atoms with van der Waals surface area (Å²) in [5, 5.41) is 8.62. The lowest BCUT2D eigenvalue weighted by atomic mass is 10.1. The van der Waals surface area contributed by atoms with Crippen molar-refractivity contribution in [2.75, 3.05) is 0 Å². The first-order chi connectivity index (χ1) is 6.54. The third-order valence-electron chi connectivity index (χ3n) is 1.80. The number of alkyl halides is 2. The number of halogens is 2. The molecular weight excluding hydrogens is 188 g/mol. The average molecular weight is 197 g/mol. The fraction of sp³-hybridized carbons (Fsp3) is 0.300. The average Bonchev–Trinajstić information content (AvgIpc) is 2.10. The molecule has 0 aliphatic carbocycles. The summed E-state index contributed by atoms with van der Waals surface area (Å²) in [4.78, 5) is 0. The Morgan fingerprint density at radius 1 is 1.29 bits per heavy atom. The van der Waals surface area contributed by atoms with Crippen molar-refractivity contribution in [2.45, 2.75) is 20.5 Å². The molecule has 1 rings (SSSR count). The number of hydrogen-bond acceptors (Lipinski definition) is 2. The highest BCUT2D eigenvalue weighted by Gasteiger charge is 2.11. The van der Waals surface area contributed by atoms with Crippen LogP contribution in [0.5, 0.6) is 5.75 Å². The van der Waals surface area contributed by atoms with Crippen molar-refractivity contribution in [2.24, 2.45) is 0 Å². The zero-order valence-corrected chi connectivity index (χ0v) is 7.84. The van der Waals surface area contributed by atoms with Crippen LogP contribution in [0.4, 0.5) is 8.78 Å². The minimum absolute atomic E-state index is 0.152. The van der Waals surface area contributed by atoms with Gasteiger partial charge in [-0.1, -0.05) is 0 Å². The zero-order chi connectivity index (χ0) is 10.7. The maximum atomic E-state index is 12.0. The van der Waals surface area contributed by atoms with E-state index in [0.29, 0.717) is 16.7 Å².